The summed E-state index contributed by atoms with van der Waals surface area (Å²) >= 11 is 0.913. The summed E-state index contributed by atoms with van der Waals surface area (Å²) in [4.78, 5) is 26.5. The summed E-state index contributed by atoms with van der Waals surface area (Å²) in [5, 5.41) is 17.7. The molecule has 20 heavy (non-hydrogen) atoms. The van der Waals surface area contributed by atoms with Crippen molar-refractivity contribution < 1.29 is 19.8 Å². The van der Waals surface area contributed by atoms with Crippen LogP contribution in [0.3, 0.4) is 0 Å². The molecule has 0 aliphatic heterocycles. The van der Waals surface area contributed by atoms with Crippen molar-refractivity contribution in [3.63, 3.8) is 0 Å². The first-order chi connectivity index (χ1) is 9.59. The van der Waals surface area contributed by atoms with E-state index in [0.717, 1.165) is 11.8 Å². The van der Waals surface area contributed by atoms with Gasteiger partial charge in [0.25, 0.3) is 0 Å². The maximum atomic E-state index is 11.4. The highest BCUT2D eigenvalue weighted by molar-refractivity contribution is 8.00. The van der Waals surface area contributed by atoms with Gasteiger partial charge in [-0.3, -0.25) is 4.79 Å². The van der Waals surface area contributed by atoms with Gasteiger partial charge in [0.2, 0.25) is 0 Å². The van der Waals surface area contributed by atoms with Crippen molar-refractivity contribution in [3.8, 4) is 0 Å². The lowest BCUT2D eigenvalue weighted by molar-refractivity contribution is -0.136. The number of thioether (sulfide) groups is 1. The SMILES string of the molecule is O=C(O)c1cccnc1SC(C(=O)O)c1ccccc1. The fraction of sp³-hybridized carbons (Fsp3) is 0.0714. The average molecular weight is 289 g/mol. The molecule has 1 atom stereocenters. The van der Waals surface area contributed by atoms with E-state index in [9.17, 15) is 14.7 Å². The molecular weight excluding hydrogens is 278 g/mol. The van der Waals surface area contributed by atoms with E-state index in [1.54, 1.807) is 30.3 Å². The summed E-state index contributed by atoms with van der Waals surface area (Å²) < 4.78 is 0. The van der Waals surface area contributed by atoms with Crippen molar-refractivity contribution >= 4 is 23.7 Å². The zero-order chi connectivity index (χ0) is 14.5. The first-order valence-corrected chi connectivity index (χ1v) is 6.60. The quantitative estimate of drug-likeness (QED) is 0.823. The lowest BCUT2D eigenvalue weighted by atomic mass is 10.1. The Bertz CT molecular complexity index is 630. The minimum Gasteiger partial charge on any atom is -0.480 e. The smallest absolute Gasteiger partial charge is 0.338 e. The molecule has 0 aliphatic carbocycles. The summed E-state index contributed by atoms with van der Waals surface area (Å²) in [5.41, 5.74) is 0.590. The van der Waals surface area contributed by atoms with Crippen molar-refractivity contribution in [1.82, 2.24) is 4.98 Å². The molecule has 1 heterocycles. The summed E-state index contributed by atoms with van der Waals surface area (Å²) in [6, 6.07) is 11.6. The molecule has 0 fully saturated rings. The Balaban J connectivity index is 2.35. The van der Waals surface area contributed by atoms with Crippen LogP contribution in [0, 0.1) is 0 Å². The molecule has 2 N–H and O–H groups in total. The van der Waals surface area contributed by atoms with Crippen molar-refractivity contribution in [1.29, 1.82) is 0 Å². The summed E-state index contributed by atoms with van der Waals surface area (Å²) in [6.07, 6.45) is 1.44. The normalized spacial score (nSPS) is 11.8. The van der Waals surface area contributed by atoms with Gasteiger partial charge in [0.15, 0.2) is 0 Å². The number of carboxylic acids is 2. The predicted molar refractivity (Wildman–Crippen MR) is 73.9 cm³/mol. The molecule has 0 spiro atoms. The predicted octanol–water partition coefficient (Wildman–Crippen LogP) is 2.70. The number of hydrogen-bond acceptors (Lipinski definition) is 4. The molecular formula is C14H11NO4S. The largest absolute Gasteiger partial charge is 0.480 e. The van der Waals surface area contributed by atoms with Crippen molar-refractivity contribution in [2.75, 3.05) is 0 Å². The van der Waals surface area contributed by atoms with Crippen LogP contribution in [0.15, 0.2) is 53.7 Å². The molecule has 5 nitrogen and oxygen atoms in total. The molecule has 1 unspecified atom stereocenters. The van der Waals surface area contributed by atoms with Gasteiger partial charge >= 0.3 is 11.9 Å². The third-order valence-corrected chi connectivity index (χ3v) is 3.82. The lowest BCUT2D eigenvalue weighted by Crippen LogP contribution is -2.09. The van der Waals surface area contributed by atoms with Gasteiger partial charge < -0.3 is 10.2 Å². The summed E-state index contributed by atoms with van der Waals surface area (Å²) in [5.74, 6) is -2.17. The molecule has 1 aromatic carbocycles. The van der Waals surface area contributed by atoms with Crippen molar-refractivity contribution in [2.24, 2.45) is 0 Å². The van der Waals surface area contributed by atoms with Gasteiger partial charge in [0, 0.05) is 6.20 Å². The third kappa shape index (κ3) is 3.16. The Labute approximate surface area is 119 Å². The second-order valence-corrected chi connectivity index (χ2v) is 5.00. The number of aliphatic carboxylic acids is 1. The number of carbonyl (C=O) groups is 2. The number of aromatic nitrogens is 1. The monoisotopic (exact) mass is 289 g/mol. The first kappa shape index (κ1) is 14.1. The minimum absolute atomic E-state index is 0.000295. The number of nitrogens with zero attached hydrogens (tertiary/aromatic N) is 1. The molecule has 0 saturated heterocycles. The van der Waals surface area contributed by atoms with Gasteiger partial charge in [-0.05, 0) is 17.7 Å². The van der Waals surface area contributed by atoms with Crippen molar-refractivity contribution in [3.05, 3.63) is 59.8 Å². The topological polar surface area (TPSA) is 87.5 Å². The van der Waals surface area contributed by atoms with Gasteiger partial charge in [0.05, 0.1) is 5.56 Å². The van der Waals surface area contributed by atoms with E-state index in [2.05, 4.69) is 4.98 Å². The number of aromatic carboxylic acids is 1. The second kappa shape index (κ2) is 6.21. The van der Waals surface area contributed by atoms with Crippen LogP contribution < -0.4 is 0 Å². The molecule has 2 rings (SSSR count). The van der Waals surface area contributed by atoms with Gasteiger partial charge in [0.1, 0.15) is 10.3 Å². The number of hydrogen-bond donors (Lipinski definition) is 2. The van der Waals surface area contributed by atoms with Crippen LogP contribution in [0.2, 0.25) is 0 Å². The summed E-state index contributed by atoms with van der Waals surface area (Å²) in [6.45, 7) is 0. The zero-order valence-electron chi connectivity index (χ0n) is 10.3. The van der Waals surface area contributed by atoms with Gasteiger partial charge in [-0.2, -0.15) is 0 Å². The molecule has 0 saturated carbocycles. The minimum atomic E-state index is -1.13. The van der Waals surface area contributed by atoms with E-state index in [4.69, 9.17) is 5.11 Å². The van der Waals surface area contributed by atoms with E-state index in [-0.39, 0.29) is 10.6 Å². The van der Waals surface area contributed by atoms with E-state index < -0.39 is 17.2 Å². The molecule has 0 aliphatic rings. The van der Waals surface area contributed by atoms with E-state index in [1.165, 1.54) is 18.3 Å². The highest BCUT2D eigenvalue weighted by atomic mass is 32.2. The fourth-order valence-electron chi connectivity index (χ4n) is 1.65. The Morgan fingerprint density at radius 1 is 1.05 bits per heavy atom. The number of benzene rings is 1. The molecule has 0 radical (unpaired) electrons. The van der Waals surface area contributed by atoms with E-state index >= 15 is 0 Å². The Hall–Kier alpha value is -2.34. The zero-order valence-corrected chi connectivity index (χ0v) is 11.1. The van der Waals surface area contributed by atoms with Crippen LogP contribution in [0.1, 0.15) is 21.2 Å². The molecule has 2 aromatic rings. The molecule has 1 aromatic heterocycles. The molecule has 6 heteroatoms. The van der Waals surface area contributed by atoms with E-state index in [1.807, 2.05) is 0 Å². The van der Waals surface area contributed by atoms with Crippen LogP contribution in [-0.4, -0.2) is 27.1 Å². The Morgan fingerprint density at radius 2 is 1.75 bits per heavy atom. The standard InChI is InChI=1S/C14H11NO4S/c16-13(17)10-7-4-8-15-12(10)20-11(14(18)19)9-5-2-1-3-6-9/h1-8,11H,(H,16,17)(H,18,19). The second-order valence-electron chi connectivity index (χ2n) is 3.91. The van der Waals surface area contributed by atoms with Crippen LogP contribution in [0.4, 0.5) is 0 Å². The van der Waals surface area contributed by atoms with Crippen molar-refractivity contribution in [2.45, 2.75) is 10.3 Å². The number of rotatable bonds is 5. The van der Waals surface area contributed by atoms with Gasteiger partial charge in [-0.1, -0.05) is 42.1 Å². The maximum absolute atomic E-state index is 11.4. The van der Waals surface area contributed by atoms with E-state index in [0.29, 0.717) is 5.56 Å². The molecule has 0 amide bonds. The first-order valence-electron chi connectivity index (χ1n) is 5.72. The Morgan fingerprint density at radius 3 is 2.35 bits per heavy atom. The summed E-state index contributed by atoms with van der Waals surface area (Å²) in [7, 11) is 0. The fourth-order valence-corrected chi connectivity index (χ4v) is 2.67. The number of pyridine rings is 1. The van der Waals surface area contributed by atoms with Crippen LogP contribution in [-0.2, 0) is 4.79 Å². The highest BCUT2D eigenvalue weighted by Crippen LogP contribution is 2.35. The lowest BCUT2D eigenvalue weighted by Gasteiger charge is -2.12. The van der Waals surface area contributed by atoms with Crippen LogP contribution in [0.25, 0.3) is 0 Å². The molecule has 0 bridgehead atoms. The van der Waals surface area contributed by atoms with Crippen LogP contribution in [0.5, 0.6) is 0 Å². The number of carboxylic acid groups (broad SMARTS) is 2. The van der Waals surface area contributed by atoms with Gasteiger partial charge in [-0.15, -0.1) is 0 Å². The average Bonchev–Trinajstić information content (AvgIpc) is 2.45. The van der Waals surface area contributed by atoms with Gasteiger partial charge in [-0.25, -0.2) is 9.78 Å². The third-order valence-electron chi connectivity index (χ3n) is 2.56. The maximum Gasteiger partial charge on any atom is 0.338 e. The highest BCUT2D eigenvalue weighted by Gasteiger charge is 2.24. The Kier molecular flexibility index (Phi) is 4.37. The van der Waals surface area contributed by atoms with Crippen LogP contribution >= 0.6 is 11.8 Å². The molecule has 102 valence electrons.